The van der Waals surface area contributed by atoms with E-state index >= 15 is 0 Å². The molecular formula is C26H37N5O. The number of amides is 1. The molecule has 0 aliphatic carbocycles. The van der Waals surface area contributed by atoms with Crippen LogP contribution in [0.5, 0.6) is 0 Å². The van der Waals surface area contributed by atoms with Crippen molar-refractivity contribution >= 4 is 17.5 Å². The molecule has 0 radical (unpaired) electrons. The highest BCUT2D eigenvalue weighted by Crippen LogP contribution is 2.25. The molecule has 2 atom stereocenters. The number of piperidine rings is 2. The zero-order valence-corrected chi connectivity index (χ0v) is 19.8. The van der Waals surface area contributed by atoms with Crippen molar-refractivity contribution in [1.82, 2.24) is 15.5 Å². The minimum absolute atomic E-state index is 0.00937. The molecule has 1 N–H and O–H groups in total. The SMILES string of the molecule is CCc1ccc([C@H](C)NC(=O)[C@H]2CCCN(c3ccc(N4CCC(C)CC4)nn3)C2)cc1. The minimum Gasteiger partial charge on any atom is -0.355 e. The van der Waals surface area contributed by atoms with E-state index in [4.69, 9.17) is 0 Å². The van der Waals surface area contributed by atoms with Crippen molar-refractivity contribution in [3.8, 4) is 0 Å². The second-order valence-electron chi connectivity index (χ2n) is 9.53. The Bertz CT molecular complexity index is 874. The van der Waals surface area contributed by atoms with E-state index < -0.39 is 0 Å². The zero-order chi connectivity index (χ0) is 22.5. The zero-order valence-electron chi connectivity index (χ0n) is 19.8. The maximum Gasteiger partial charge on any atom is 0.225 e. The van der Waals surface area contributed by atoms with Gasteiger partial charge in [-0.1, -0.05) is 38.1 Å². The van der Waals surface area contributed by atoms with Gasteiger partial charge in [0, 0.05) is 26.2 Å². The lowest BCUT2D eigenvalue weighted by Gasteiger charge is -2.34. The number of nitrogens with one attached hydrogen (secondary N) is 1. The number of hydrogen-bond donors (Lipinski definition) is 1. The summed E-state index contributed by atoms with van der Waals surface area (Å²) in [6.07, 6.45) is 5.37. The summed E-state index contributed by atoms with van der Waals surface area (Å²) in [7, 11) is 0. The topological polar surface area (TPSA) is 61.4 Å². The fourth-order valence-corrected chi connectivity index (χ4v) is 4.75. The van der Waals surface area contributed by atoms with Gasteiger partial charge in [0.15, 0.2) is 11.6 Å². The van der Waals surface area contributed by atoms with Crippen LogP contribution in [-0.4, -0.2) is 42.3 Å². The number of hydrogen-bond acceptors (Lipinski definition) is 5. The first-order valence-corrected chi connectivity index (χ1v) is 12.3. The number of benzene rings is 1. The second-order valence-corrected chi connectivity index (χ2v) is 9.53. The van der Waals surface area contributed by atoms with Crippen LogP contribution in [0.1, 0.15) is 63.6 Å². The lowest BCUT2D eigenvalue weighted by atomic mass is 9.96. The third-order valence-electron chi connectivity index (χ3n) is 7.11. The van der Waals surface area contributed by atoms with E-state index in [9.17, 15) is 4.79 Å². The standard InChI is InChI=1S/C26H37N5O/c1-4-21-7-9-22(10-8-21)20(3)27-26(32)23-6-5-15-31(18-23)25-12-11-24(28-29-25)30-16-13-19(2)14-17-30/h7-12,19-20,23H,4-6,13-18H2,1-3H3,(H,27,32)/t20-,23-/m0/s1. The normalized spacial score (nSPS) is 20.8. The minimum atomic E-state index is -0.0221. The van der Waals surface area contributed by atoms with Crippen LogP contribution in [0, 0.1) is 11.8 Å². The van der Waals surface area contributed by atoms with Crippen LogP contribution in [0.4, 0.5) is 11.6 Å². The Labute approximate surface area is 192 Å². The van der Waals surface area contributed by atoms with Crippen LogP contribution < -0.4 is 15.1 Å². The molecule has 6 heteroatoms. The van der Waals surface area contributed by atoms with Gasteiger partial charge in [0.05, 0.1) is 12.0 Å². The fourth-order valence-electron chi connectivity index (χ4n) is 4.75. The lowest BCUT2D eigenvalue weighted by Crippen LogP contribution is -2.44. The Morgan fingerprint density at radius 3 is 2.28 bits per heavy atom. The Morgan fingerprint density at radius 2 is 1.66 bits per heavy atom. The van der Waals surface area contributed by atoms with Crippen molar-refractivity contribution in [2.75, 3.05) is 36.0 Å². The Morgan fingerprint density at radius 1 is 1.00 bits per heavy atom. The third kappa shape index (κ3) is 5.40. The molecule has 172 valence electrons. The van der Waals surface area contributed by atoms with Gasteiger partial charge in [-0.2, -0.15) is 0 Å². The monoisotopic (exact) mass is 435 g/mol. The van der Waals surface area contributed by atoms with Crippen molar-refractivity contribution in [2.24, 2.45) is 11.8 Å². The third-order valence-corrected chi connectivity index (χ3v) is 7.11. The van der Waals surface area contributed by atoms with Crippen molar-refractivity contribution in [3.05, 3.63) is 47.5 Å². The number of carbonyl (C=O) groups excluding carboxylic acids is 1. The number of aryl methyl sites for hydroxylation is 1. The van der Waals surface area contributed by atoms with E-state index in [0.717, 1.165) is 62.0 Å². The fraction of sp³-hybridized carbons (Fsp3) is 0.577. The van der Waals surface area contributed by atoms with Gasteiger partial charge in [-0.05, 0) is 68.2 Å². The molecule has 0 bridgehead atoms. The van der Waals surface area contributed by atoms with Crippen LogP contribution in [0.15, 0.2) is 36.4 Å². The molecule has 0 saturated carbocycles. The van der Waals surface area contributed by atoms with Crippen molar-refractivity contribution in [1.29, 1.82) is 0 Å². The molecular weight excluding hydrogens is 398 g/mol. The van der Waals surface area contributed by atoms with Gasteiger partial charge in [-0.3, -0.25) is 4.79 Å². The average molecular weight is 436 g/mol. The highest BCUT2D eigenvalue weighted by molar-refractivity contribution is 5.80. The van der Waals surface area contributed by atoms with Gasteiger partial charge in [0.2, 0.25) is 5.91 Å². The second kappa shape index (κ2) is 10.3. The molecule has 2 fully saturated rings. The van der Waals surface area contributed by atoms with Gasteiger partial charge in [0.25, 0.3) is 0 Å². The summed E-state index contributed by atoms with van der Waals surface area (Å²) >= 11 is 0. The van der Waals surface area contributed by atoms with E-state index in [1.807, 2.05) is 0 Å². The van der Waals surface area contributed by atoms with E-state index in [0.29, 0.717) is 6.54 Å². The number of nitrogens with zero attached hydrogens (tertiary/aromatic N) is 4. The van der Waals surface area contributed by atoms with Crippen LogP contribution in [0.2, 0.25) is 0 Å². The van der Waals surface area contributed by atoms with Crippen molar-refractivity contribution in [2.45, 2.75) is 58.9 Å². The number of aromatic nitrogens is 2. The van der Waals surface area contributed by atoms with Gasteiger partial charge in [0.1, 0.15) is 0 Å². The smallest absolute Gasteiger partial charge is 0.225 e. The molecule has 2 aliphatic rings. The van der Waals surface area contributed by atoms with Gasteiger partial charge in [-0.15, -0.1) is 10.2 Å². The molecule has 2 aliphatic heterocycles. The van der Waals surface area contributed by atoms with Crippen LogP contribution in [0.3, 0.4) is 0 Å². The highest BCUT2D eigenvalue weighted by atomic mass is 16.2. The number of anilines is 2. The molecule has 4 rings (SSSR count). The largest absolute Gasteiger partial charge is 0.355 e. The van der Waals surface area contributed by atoms with Crippen LogP contribution in [0.25, 0.3) is 0 Å². The van der Waals surface area contributed by atoms with Crippen molar-refractivity contribution < 1.29 is 4.79 Å². The predicted molar refractivity (Wildman–Crippen MR) is 130 cm³/mol. The number of rotatable bonds is 6. The molecule has 0 spiro atoms. The summed E-state index contributed by atoms with van der Waals surface area (Å²) in [4.78, 5) is 17.5. The Hall–Kier alpha value is -2.63. The van der Waals surface area contributed by atoms with Gasteiger partial charge < -0.3 is 15.1 Å². The van der Waals surface area contributed by atoms with Crippen molar-refractivity contribution in [3.63, 3.8) is 0 Å². The van der Waals surface area contributed by atoms with E-state index in [1.54, 1.807) is 0 Å². The number of carbonyl (C=O) groups is 1. The van der Waals surface area contributed by atoms with E-state index in [-0.39, 0.29) is 17.9 Å². The first-order chi connectivity index (χ1) is 15.5. The molecule has 6 nitrogen and oxygen atoms in total. The summed E-state index contributed by atoms with van der Waals surface area (Å²) in [5.41, 5.74) is 2.47. The van der Waals surface area contributed by atoms with Crippen LogP contribution in [-0.2, 0) is 11.2 Å². The predicted octanol–water partition coefficient (Wildman–Crippen LogP) is 4.37. The molecule has 1 aromatic carbocycles. The molecule has 1 amide bonds. The molecule has 32 heavy (non-hydrogen) atoms. The van der Waals surface area contributed by atoms with E-state index in [2.05, 4.69) is 82.5 Å². The molecule has 1 aromatic heterocycles. The first kappa shape index (κ1) is 22.6. The first-order valence-electron chi connectivity index (χ1n) is 12.3. The van der Waals surface area contributed by atoms with E-state index in [1.165, 1.54) is 18.4 Å². The maximum atomic E-state index is 13.0. The summed E-state index contributed by atoms with van der Waals surface area (Å²) in [5, 5.41) is 12.2. The summed E-state index contributed by atoms with van der Waals surface area (Å²) < 4.78 is 0. The maximum absolute atomic E-state index is 13.0. The summed E-state index contributed by atoms with van der Waals surface area (Å²) in [6.45, 7) is 10.3. The molecule has 3 heterocycles. The quantitative estimate of drug-likeness (QED) is 0.730. The summed E-state index contributed by atoms with van der Waals surface area (Å²) in [6, 6.07) is 12.7. The Kier molecular flexibility index (Phi) is 7.28. The molecule has 0 unspecified atom stereocenters. The van der Waals surface area contributed by atoms with Crippen LogP contribution >= 0.6 is 0 Å². The average Bonchev–Trinajstić information content (AvgIpc) is 2.84. The van der Waals surface area contributed by atoms with Gasteiger partial charge >= 0.3 is 0 Å². The Balaban J connectivity index is 1.33. The molecule has 2 aromatic rings. The lowest BCUT2D eigenvalue weighted by molar-refractivity contribution is -0.125. The highest BCUT2D eigenvalue weighted by Gasteiger charge is 2.28. The molecule has 2 saturated heterocycles. The summed E-state index contributed by atoms with van der Waals surface area (Å²) in [5.74, 6) is 2.75. The van der Waals surface area contributed by atoms with Gasteiger partial charge in [-0.25, -0.2) is 0 Å².